The lowest BCUT2D eigenvalue weighted by Gasteiger charge is -2.31. The van der Waals surface area contributed by atoms with Crippen molar-refractivity contribution in [3.8, 4) is 11.5 Å². The van der Waals surface area contributed by atoms with Crippen molar-refractivity contribution in [1.82, 2.24) is 10.3 Å². The quantitative estimate of drug-likeness (QED) is 0.693. The number of methoxy groups -OCH3 is 2. The van der Waals surface area contributed by atoms with Crippen molar-refractivity contribution in [1.29, 1.82) is 0 Å². The second-order valence-corrected chi connectivity index (χ2v) is 6.84. The Morgan fingerprint density at radius 2 is 1.97 bits per heavy atom. The van der Waals surface area contributed by atoms with Crippen LogP contribution in [0.15, 0.2) is 53.4 Å². The summed E-state index contributed by atoms with van der Waals surface area (Å²) in [6.07, 6.45) is 5.83. The summed E-state index contributed by atoms with van der Waals surface area (Å²) in [4.78, 5) is 19.0. The number of nitrogens with one attached hydrogen (secondary N) is 1. The predicted octanol–water partition coefficient (Wildman–Crippen LogP) is 3.18. The van der Waals surface area contributed by atoms with E-state index in [-0.39, 0.29) is 5.91 Å². The molecule has 29 heavy (non-hydrogen) atoms. The maximum absolute atomic E-state index is 12.5. The molecule has 0 atom stereocenters. The number of carbonyl (C=O) groups is 1. The first-order valence-electron chi connectivity index (χ1n) is 9.42. The van der Waals surface area contributed by atoms with Crippen molar-refractivity contribution in [3.05, 3.63) is 71.4 Å². The van der Waals surface area contributed by atoms with Gasteiger partial charge in [0.05, 0.1) is 44.5 Å². The average Bonchev–Trinajstić information content (AvgIpc) is 3.29. The number of nitrogens with zero attached hydrogens (tertiary/aromatic N) is 2. The molecule has 1 aliphatic rings. The summed E-state index contributed by atoms with van der Waals surface area (Å²) < 4.78 is 16.1. The lowest BCUT2D eigenvalue weighted by atomic mass is 9.98. The molecule has 1 amide bonds. The summed E-state index contributed by atoms with van der Waals surface area (Å²) in [5, 5.41) is 2.85. The fourth-order valence-electron chi connectivity index (χ4n) is 3.51. The molecule has 0 radical (unpaired) electrons. The Kier molecular flexibility index (Phi) is 5.37. The lowest BCUT2D eigenvalue weighted by Crippen LogP contribution is -2.31. The Balaban J connectivity index is 1.49. The molecule has 0 fully saturated rings. The normalized spacial score (nSPS) is 13.0. The van der Waals surface area contributed by atoms with Crippen LogP contribution in [0.4, 0.5) is 5.69 Å². The molecule has 0 saturated carbocycles. The van der Waals surface area contributed by atoms with E-state index in [4.69, 9.17) is 13.9 Å². The Morgan fingerprint density at radius 3 is 2.69 bits per heavy atom. The first kappa shape index (κ1) is 18.9. The number of hydrogen-bond donors (Lipinski definition) is 1. The highest BCUT2D eigenvalue weighted by Crippen LogP contribution is 2.34. The molecule has 7 heteroatoms. The number of anilines is 1. The topological polar surface area (TPSA) is 76.8 Å². The van der Waals surface area contributed by atoms with Gasteiger partial charge in [0.1, 0.15) is 5.76 Å². The molecule has 4 rings (SSSR count). The minimum atomic E-state index is -0.181. The van der Waals surface area contributed by atoms with Gasteiger partial charge in [0.25, 0.3) is 5.91 Å². The van der Waals surface area contributed by atoms with Crippen LogP contribution in [0, 0.1) is 0 Å². The zero-order valence-electron chi connectivity index (χ0n) is 16.5. The third-order valence-corrected chi connectivity index (χ3v) is 5.07. The van der Waals surface area contributed by atoms with Crippen LogP contribution < -0.4 is 19.7 Å². The Hall–Kier alpha value is -3.48. The van der Waals surface area contributed by atoms with Gasteiger partial charge in [-0.2, -0.15) is 0 Å². The van der Waals surface area contributed by atoms with Crippen molar-refractivity contribution in [2.45, 2.75) is 19.5 Å². The molecule has 7 nitrogen and oxygen atoms in total. The van der Waals surface area contributed by atoms with Crippen molar-refractivity contribution in [2.75, 3.05) is 25.7 Å². The molecule has 0 unspecified atom stereocenters. The fourth-order valence-corrected chi connectivity index (χ4v) is 3.51. The van der Waals surface area contributed by atoms with E-state index in [1.165, 1.54) is 11.1 Å². The van der Waals surface area contributed by atoms with E-state index >= 15 is 0 Å². The van der Waals surface area contributed by atoms with Crippen LogP contribution in [0.2, 0.25) is 0 Å². The van der Waals surface area contributed by atoms with Crippen LogP contribution in [-0.4, -0.2) is 31.7 Å². The largest absolute Gasteiger partial charge is 0.493 e. The summed E-state index contributed by atoms with van der Waals surface area (Å²) >= 11 is 0. The van der Waals surface area contributed by atoms with E-state index in [0.29, 0.717) is 17.9 Å². The van der Waals surface area contributed by atoms with Gasteiger partial charge in [0.2, 0.25) is 0 Å². The molecule has 1 aliphatic heterocycles. The summed E-state index contributed by atoms with van der Waals surface area (Å²) in [5.74, 6) is 1.99. The van der Waals surface area contributed by atoms with Crippen LogP contribution in [0.25, 0.3) is 0 Å². The number of pyridine rings is 1. The SMILES string of the molecule is COc1cc2c(cc1OC)CN(c1cncc(C(=O)NCc3ccco3)c1)CC2. The summed E-state index contributed by atoms with van der Waals surface area (Å²) in [6.45, 7) is 1.89. The number of furan rings is 1. The fraction of sp³-hybridized carbons (Fsp3) is 0.273. The minimum Gasteiger partial charge on any atom is -0.493 e. The zero-order valence-corrected chi connectivity index (χ0v) is 16.5. The second kappa shape index (κ2) is 8.26. The lowest BCUT2D eigenvalue weighted by molar-refractivity contribution is 0.0947. The number of carbonyl (C=O) groups excluding carboxylic acids is 1. The van der Waals surface area contributed by atoms with E-state index in [0.717, 1.165) is 36.7 Å². The van der Waals surface area contributed by atoms with E-state index < -0.39 is 0 Å². The molecule has 1 N–H and O–H groups in total. The van der Waals surface area contributed by atoms with Crippen LogP contribution in [-0.2, 0) is 19.5 Å². The van der Waals surface area contributed by atoms with Gasteiger partial charge >= 0.3 is 0 Å². The predicted molar refractivity (Wildman–Crippen MR) is 108 cm³/mol. The first-order valence-corrected chi connectivity index (χ1v) is 9.42. The van der Waals surface area contributed by atoms with Gasteiger partial charge in [0, 0.05) is 19.3 Å². The molecule has 0 saturated heterocycles. The third-order valence-electron chi connectivity index (χ3n) is 5.07. The number of benzene rings is 1. The molecule has 1 aromatic carbocycles. The number of amides is 1. The van der Waals surface area contributed by atoms with Crippen molar-refractivity contribution >= 4 is 11.6 Å². The zero-order chi connectivity index (χ0) is 20.2. The molecule has 2 aromatic heterocycles. The van der Waals surface area contributed by atoms with Crippen LogP contribution in [0.1, 0.15) is 27.2 Å². The molecule has 3 aromatic rings. The second-order valence-electron chi connectivity index (χ2n) is 6.84. The van der Waals surface area contributed by atoms with Crippen molar-refractivity contribution in [3.63, 3.8) is 0 Å². The Morgan fingerprint density at radius 1 is 1.17 bits per heavy atom. The molecule has 3 heterocycles. The molecular formula is C22H23N3O4. The van der Waals surface area contributed by atoms with E-state index in [2.05, 4.69) is 15.2 Å². The molecule has 0 bridgehead atoms. The molecular weight excluding hydrogens is 370 g/mol. The smallest absolute Gasteiger partial charge is 0.253 e. The van der Waals surface area contributed by atoms with Crippen LogP contribution in [0.3, 0.4) is 0 Å². The highest BCUT2D eigenvalue weighted by molar-refractivity contribution is 5.94. The highest BCUT2D eigenvalue weighted by Gasteiger charge is 2.20. The Bertz CT molecular complexity index is 1000. The first-order chi connectivity index (χ1) is 14.2. The molecule has 0 spiro atoms. The van der Waals surface area contributed by atoms with Gasteiger partial charge in [-0.1, -0.05) is 0 Å². The van der Waals surface area contributed by atoms with Gasteiger partial charge in [-0.3, -0.25) is 9.78 Å². The van der Waals surface area contributed by atoms with Crippen molar-refractivity contribution < 1.29 is 18.7 Å². The standard InChI is InChI=1S/C22H23N3O4/c1-27-20-9-15-5-6-25(14-17(15)10-21(20)28-2)18-8-16(11-23-12-18)22(26)24-13-19-4-3-7-29-19/h3-4,7-12H,5-6,13-14H2,1-2H3,(H,24,26). The van der Waals surface area contributed by atoms with Crippen LogP contribution >= 0.6 is 0 Å². The van der Waals surface area contributed by atoms with Crippen LogP contribution in [0.5, 0.6) is 11.5 Å². The van der Waals surface area contributed by atoms with E-state index in [1.54, 1.807) is 38.9 Å². The molecule has 0 aliphatic carbocycles. The van der Waals surface area contributed by atoms with Gasteiger partial charge in [-0.05, 0) is 47.9 Å². The van der Waals surface area contributed by atoms with Crippen molar-refractivity contribution in [2.24, 2.45) is 0 Å². The van der Waals surface area contributed by atoms with Gasteiger partial charge in [-0.25, -0.2) is 0 Å². The number of rotatable bonds is 6. The highest BCUT2D eigenvalue weighted by atomic mass is 16.5. The molecule has 150 valence electrons. The van der Waals surface area contributed by atoms with E-state index in [1.807, 2.05) is 24.3 Å². The maximum Gasteiger partial charge on any atom is 0.253 e. The summed E-state index contributed by atoms with van der Waals surface area (Å²) in [6, 6.07) is 9.55. The Labute approximate surface area is 169 Å². The average molecular weight is 393 g/mol. The number of ether oxygens (including phenoxy) is 2. The van der Waals surface area contributed by atoms with Gasteiger partial charge in [0.15, 0.2) is 11.5 Å². The number of aromatic nitrogens is 1. The third kappa shape index (κ3) is 4.03. The maximum atomic E-state index is 12.5. The monoisotopic (exact) mass is 393 g/mol. The number of hydrogen-bond acceptors (Lipinski definition) is 6. The van der Waals surface area contributed by atoms with Gasteiger partial charge < -0.3 is 24.1 Å². The van der Waals surface area contributed by atoms with Gasteiger partial charge in [-0.15, -0.1) is 0 Å². The summed E-state index contributed by atoms with van der Waals surface area (Å²) in [7, 11) is 3.28. The van der Waals surface area contributed by atoms with E-state index in [9.17, 15) is 4.79 Å². The number of fused-ring (bicyclic) bond motifs is 1. The minimum absolute atomic E-state index is 0.181. The summed E-state index contributed by atoms with van der Waals surface area (Å²) in [5.41, 5.74) is 3.86.